The van der Waals surface area contributed by atoms with Crippen LogP contribution in [-0.4, -0.2) is 11.9 Å². The zero-order valence-corrected chi connectivity index (χ0v) is 13.0. The number of carbonyl (C=O) groups excluding carboxylic acids is 2. The molecule has 2 aromatic rings. The number of hydrazine groups is 1. The highest BCUT2D eigenvalue weighted by Crippen LogP contribution is 2.47. The second-order valence-corrected chi connectivity index (χ2v) is 5.87. The van der Waals surface area contributed by atoms with E-state index in [0.29, 0.717) is 10.7 Å². The van der Waals surface area contributed by atoms with Crippen LogP contribution in [0.2, 0.25) is 5.02 Å². The van der Waals surface area contributed by atoms with Crippen molar-refractivity contribution in [3.8, 4) is 0 Å². The smallest absolute Gasteiger partial charge is 0.307 e. The van der Waals surface area contributed by atoms with Crippen molar-refractivity contribution in [2.75, 3.05) is 5.32 Å². The molecule has 0 aromatic heterocycles. The number of urea groups is 1. The standard InChI is InChI=1S/C17H16ClN3O2/c18-12-6-8-13(9-7-12)19-17(23)21-20-16(22)15-10-14(15)11-4-2-1-3-5-11/h1-9,14-15H,10H2,(H,20,22)(H2,19,21,23)/t14-,15+/m0/s1. The fourth-order valence-corrected chi connectivity index (χ4v) is 2.59. The first-order valence-corrected chi connectivity index (χ1v) is 7.68. The van der Waals surface area contributed by atoms with Gasteiger partial charge in [-0.25, -0.2) is 10.2 Å². The molecule has 0 unspecified atom stereocenters. The summed E-state index contributed by atoms with van der Waals surface area (Å²) in [4.78, 5) is 23.7. The van der Waals surface area contributed by atoms with Crippen LogP contribution in [0.15, 0.2) is 54.6 Å². The van der Waals surface area contributed by atoms with Gasteiger partial charge in [-0.05, 0) is 42.2 Å². The summed E-state index contributed by atoms with van der Waals surface area (Å²) >= 11 is 5.77. The van der Waals surface area contributed by atoms with E-state index < -0.39 is 6.03 Å². The van der Waals surface area contributed by atoms with Crippen molar-refractivity contribution in [1.82, 2.24) is 10.9 Å². The third kappa shape index (κ3) is 4.02. The highest BCUT2D eigenvalue weighted by molar-refractivity contribution is 6.30. The van der Waals surface area contributed by atoms with E-state index >= 15 is 0 Å². The van der Waals surface area contributed by atoms with Gasteiger partial charge in [-0.15, -0.1) is 0 Å². The minimum atomic E-state index is -0.502. The van der Waals surface area contributed by atoms with Gasteiger partial charge in [0.15, 0.2) is 0 Å². The number of carbonyl (C=O) groups is 2. The van der Waals surface area contributed by atoms with E-state index in [1.807, 2.05) is 30.3 Å². The Balaban J connectivity index is 1.44. The van der Waals surface area contributed by atoms with Crippen LogP contribution in [0.1, 0.15) is 17.9 Å². The molecule has 23 heavy (non-hydrogen) atoms. The highest BCUT2D eigenvalue weighted by Gasteiger charge is 2.43. The number of anilines is 1. The molecule has 2 atom stereocenters. The molecule has 3 N–H and O–H groups in total. The van der Waals surface area contributed by atoms with Gasteiger partial charge in [0, 0.05) is 16.6 Å². The number of hydrogen-bond donors (Lipinski definition) is 3. The van der Waals surface area contributed by atoms with Gasteiger partial charge in [0.2, 0.25) is 5.91 Å². The first kappa shape index (κ1) is 15.4. The maximum Gasteiger partial charge on any atom is 0.337 e. The molecule has 1 aliphatic carbocycles. The molecule has 0 heterocycles. The van der Waals surface area contributed by atoms with E-state index in [2.05, 4.69) is 16.2 Å². The van der Waals surface area contributed by atoms with E-state index in [0.717, 1.165) is 12.0 Å². The number of benzene rings is 2. The summed E-state index contributed by atoms with van der Waals surface area (Å²) in [5.74, 6) is -0.0318. The average Bonchev–Trinajstić information content (AvgIpc) is 3.36. The van der Waals surface area contributed by atoms with Crippen LogP contribution in [0, 0.1) is 5.92 Å². The first-order valence-electron chi connectivity index (χ1n) is 7.31. The lowest BCUT2D eigenvalue weighted by Gasteiger charge is -2.09. The molecule has 3 rings (SSSR count). The molecular weight excluding hydrogens is 314 g/mol. The van der Waals surface area contributed by atoms with Gasteiger partial charge < -0.3 is 5.32 Å². The predicted molar refractivity (Wildman–Crippen MR) is 89.0 cm³/mol. The first-order chi connectivity index (χ1) is 11.1. The third-order valence-electron chi connectivity index (χ3n) is 3.76. The van der Waals surface area contributed by atoms with Gasteiger partial charge in [0.25, 0.3) is 0 Å². The van der Waals surface area contributed by atoms with Crippen LogP contribution in [0.25, 0.3) is 0 Å². The Hall–Kier alpha value is -2.53. The van der Waals surface area contributed by atoms with Gasteiger partial charge in [0.05, 0.1) is 0 Å². The van der Waals surface area contributed by atoms with E-state index in [-0.39, 0.29) is 17.7 Å². The van der Waals surface area contributed by atoms with Crippen molar-refractivity contribution in [3.63, 3.8) is 0 Å². The van der Waals surface area contributed by atoms with Crippen molar-refractivity contribution in [2.45, 2.75) is 12.3 Å². The van der Waals surface area contributed by atoms with Crippen LogP contribution >= 0.6 is 11.6 Å². The maximum atomic E-state index is 12.0. The monoisotopic (exact) mass is 329 g/mol. The summed E-state index contributed by atoms with van der Waals surface area (Å²) in [6.45, 7) is 0. The summed E-state index contributed by atoms with van der Waals surface area (Å²) in [6.07, 6.45) is 0.802. The Labute approximate surface area is 139 Å². The number of hydrogen-bond acceptors (Lipinski definition) is 2. The summed E-state index contributed by atoms with van der Waals surface area (Å²) < 4.78 is 0. The van der Waals surface area contributed by atoms with Crippen LogP contribution in [0.4, 0.5) is 10.5 Å². The number of nitrogens with one attached hydrogen (secondary N) is 3. The molecule has 6 heteroatoms. The van der Waals surface area contributed by atoms with Crippen LogP contribution in [0.3, 0.4) is 0 Å². The van der Waals surface area contributed by atoms with Gasteiger partial charge in [0.1, 0.15) is 0 Å². The van der Waals surface area contributed by atoms with E-state index in [1.54, 1.807) is 24.3 Å². The second kappa shape index (κ2) is 6.71. The fraction of sp³-hybridized carbons (Fsp3) is 0.176. The predicted octanol–water partition coefficient (Wildman–Crippen LogP) is 3.30. The molecule has 0 radical (unpaired) electrons. The molecular formula is C17H16ClN3O2. The fourth-order valence-electron chi connectivity index (χ4n) is 2.46. The number of rotatable bonds is 3. The Morgan fingerprint density at radius 2 is 1.65 bits per heavy atom. The third-order valence-corrected chi connectivity index (χ3v) is 4.01. The SMILES string of the molecule is O=C(NNC(=O)[C@@H]1C[C@H]1c1ccccc1)Nc1ccc(Cl)cc1. The molecule has 5 nitrogen and oxygen atoms in total. The average molecular weight is 330 g/mol. The zero-order valence-electron chi connectivity index (χ0n) is 12.3. The molecule has 2 aromatic carbocycles. The molecule has 0 saturated heterocycles. The lowest BCUT2D eigenvalue weighted by Crippen LogP contribution is -2.44. The second-order valence-electron chi connectivity index (χ2n) is 5.43. The van der Waals surface area contributed by atoms with Gasteiger partial charge in [-0.2, -0.15) is 0 Å². The van der Waals surface area contributed by atoms with Crippen molar-refractivity contribution in [2.24, 2.45) is 5.92 Å². The maximum absolute atomic E-state index is 12.0. The topological polar surface area (TPSA) is 70.2 Å². The molecule has 0 aliphatic heterocycles. The molecule has 1 aliphatic rings. The minimum absolute atomic E-state index is 0.0896. The van der Waals surface area contributed by atoms with Gasteiger partial charge >= 0.3 is 6.03 Å². The molecule has 0 bridgehead atoms. The largest absolute Gasteiger partial charge is 0.337 e. The van der Waals surface area contributed by atoms with Crippen molar-refractivity contribution < 1.29 is 9.59 Å². The lowest BCUT2D eigenvalue weighted by molar-refractivity contribution is -0.123. The normalized spacial score (nSPS) is 18.8. The van der Waals surface area contributed by atoms with Crippen molar-refractivity contribution in [3.05, 3.63) is 65.2 Å². The lowest BCUT2D eigenvalue weighted by atomic mass is 10.1. The zero-order chi connectivity index (χ0) is 16.2. The van der Waals surface area contributed by atoms with E-state index in [4.69, 9.17) is 11.6 Å². The quantitative estimate of drug-likeness (QED) is 0.756. The molecule has 1 fully saturated rings. The molecule has 0 spiro atoms. The number of amides is 3. The number of halogens is 1. The van der Waals surface area contributed by atoms with Crippen molar-refractivity contribution in [1.29, 1.82) is 0 Å². The van der Waals surface area contributed by atoms with E-state index in [1.165, 1.54) is 0 Å². The minimum Gasteiger partial charge on any atom is -0.307 e. The van der Waals surface area contributed by atoms with Gasteiger partial charge in [-0.3, -0.25) is 10.2 Å². The summed E-state index contributed by atoms with van der Waals surface area (Å²) in [6, 6.07) is 16.1. The van der Waals surface area contributed by atoms with Crippen LogP contribution in [0.5, 0.6) is 0 Å². The Bertz CT molecular complexity index is 704. The van der Waals surface area contributed by atoms with E-state index in [9.17, 15) is 9.59 Å². The molecule has 118 valence electrons. The van der Waals surface area contributed by atoms with Crippen LogP contribution < -0.4 is 16.2 Å². The molecule has 3 amide bonds. The summed E-state index contributed by atoms with van der Waals surface area (Å²) in [7, 11) is 0. The Morgan fingerprint density at radius 3 is 2.35 bits per heavy atom. The Morgan fingerprint density at radius 1 is 0.957 bits per heavy atom. The van der Waals surface area contributed by atoms with Gasteiger partial charge in [-0.1, -0.05) is 41.9 Å². The Kier molecular flexibility index (Phi) is 4.48. The highest BCUT2D eigenvalue weighted by atomic mass is 35.5. The molecule has 1 saturated carbocycles. The van der Waals surface area contributed by atoms with Crippen LogP contribution in [-0.2, 0) is 4.79 Å². The summed E-state index contributed by atoms with van der Waals surface area (Å²) in [5, 5.41) is 3.19. The summed E-state index contributed by atoms with van der Waals surface area (Å²) in [5.41, 5.74) is 6.55. The van der Waals surface area contributed by atoms with Crippen molar-refractivity contribution >= 4 is 29.2 Å².